The average molecular weight is 250 g/mol. The largest absolute Gasteiger partial charge is 0.393 e. The summed E-state index contributed by atoms with van der Waals surface area (Å²) in [6, 6.07) is 1.93. The molecule has 1 aliphatic carbocycles. The molecule has 0 aliphatic heterocycles. The maximum absolute atomic E-state index is 9.46. The van der Waals surface area contributed by atoms with Crippen LogP contribution in [0.15, 0.2) is 12.4 Å². The summed E-state index contributed by atoms with van der Waals surface area (Å²) in [6.45, 7) is 3.83. The molecule has 2 rings (SSSR count). The van der Waals surface area contributed by atoms with Crippen molar-refractivity contribution in [2.75, 3.05) is 23.7 Å². The SMILES string of the molecule is CCNc1cc(NCC2CCC(O)CC2)ncn1. The van der Waals surface area contributed by atoms with E-state index >= 15 is 0 Å². The normalized spacial score (nSPS) is 23.7. The Hall–Kier alpha value is -1.36. The minimum Gasteiger partial charge on any atom is -0.393 e. The van der Waals surface area contributed by atoms with Crippen molar-refractivity contribution in [1.29, 1.82) is 0 Å². The topological polar surface area (TPSA) is 70.1 Å². The smallest absolute Gasteiger partial charge is 0.131 e. The molecule has 18 heavy (non-hydrogen) atoms. The van der Waals surface area contributed by atoms with E-state index in [9.17, 15) is 5.11 Å². The van der Waals surface area contributed by atoms with E-state index in [0.29, 0.717) is 5.92 Å². The lowest BCUT2D eigenvalue weighted by Crippen LogP contribution is -2.23. The third-order valence-electron chi connectivity index (χ3n) is 3.41. The van der Waals surface area contributed by atoms with Gasteiger partial charge in [-0.1, -0.05) is 0 Å². The summed E-state index contributed by atoms with van der Waals surface area (Å²) in [7, 11) is 0. The van der Waals surface area contributed by atoms with Crippen molar-refractivity contribution >= 4 is 11.6 Å². The van der Waals surface area contributed by atoms with E-state index in [4.69, 9.17) is 0 Å². The second kappa shape index (κ2) is 6.54. The van der Waals surface area contributed by atoms with Gasteiger partial charge >= 0.3 is 0 Å². The quantitative estimate of drug-likeness (QED) is 0.744. The zero-order valence-electron chi connectivity index (χ0n) is 10.9. The van der Waals surface area contributed by atoms with Crippen LogP contribution in [0, 0.1) is 5.92 Å². The Labute approximate surface area is 108 Å². The van der Waals surface area contributed by atoms with Crippen molar-refractivity contribution < 1.29 is 5.11 Å². The van der Waals surface area contributed by atoms with Crippen LogP contribution in [0.2, 0.25) is 0 Å². The average Bonchev–Trinajstić information content (AvgIpc) is 2.39. The lowest BCUT2D eigenvalue weighted by Gasteiger charge is -2.25. The van der Waals surface area contributed by atoms with Crippen LogP contribution in [0.4, 0.5) is 11.6 Å². The van der Waals surface area contributed by atoms with Gasteiger partial charge in [-0.15, -0.1) is 0 Å². The maximum Gasteiger partial charge on any atom is 0.131 e. The minimum absolute atomic E-state index is 0.0827. The Balaban J connectivity index is 1.80. The molecule has 0 aromatic carbocycles. The highest BCUT2D eigenvalue weighted by Crippen LogP contribution is 2.24. The van der Waals surface area contributed by atoms with Gasteiger partial charge in [0.2, 0.25) is 0 Å². The monoisotopic (exact) mass is 250 g/mol. The molecule has 5 heteroatoms. The van der Waals surface area contributed by atoms with Crippen LogP contribution >= 0.6 is 0 Å². The van der Waals surface area contributed by atoms with E-state index < -0.39 is 0 Å². The number of aliphatic hydroxyl groups is 1. The van der Waals surface area contributed by atoms with Crippen molar-refractivity contribution in [2.24, 2.45) is 5.92 Å². The predicted molar refractivity (Wildman–Crippen MR) is 72.7 cm³/mol. The van der Waals surface area contributed by atoms with Crippen LogP contribution in [0.25, 0.3) is 0 Å². The van der Waals surface area contributed by atoms with Gasteiger partial charge in [-0.2, -0.15) is 0 Å². The predicted octanol–water partition coefficient (Wildman–Crippen LogP) is 1.87. The number of anilines is 2. The van der Waals surface area contributed by atoms with Crippen LogP contribution in [0.3, 0.4) is 0 Å². The number of nitrogens with one attached hydrogen (secondary N) is 2. The molecule has 0 atom stereocenters. The second-order valence-electron chi connectivity index (χ2n) is 4.87. The molecule has 0 radical (unpaired) electrons. The fourth-order valence-corrected chi connectivity index (χ4v) is 2.33. The van der Waals surface area contributed by atoms with E-state index in [1.165, 1.54) is 0 Å². The summed E-state index contributed by atoms with van der Waals surface area (Å²) in [6.07, 6.45) is 5.54. The Morgan fingerprint density at radius 3 is 2.50 bits per heavy atom. The molecule has 1 fully saturated rings. The highest BCUT2D eigenvalue weighted by Gasteiger charge is 2.19. The minimum atomic E-state index is -0.0827. The second-order valence-corrected chi connectivity index (χ2v) is 4.87. The van der Waals surface area contributed by atoms with Gasteiger partial charge in [-0.05, 0) is 38.5 Å². The molecule has 1 aliphatic rings. The van der Waals surface area contributed by atoms with Gasteiger partial charge in [0, 0.05) is 19.2 Å². The maximum atomic E-state index is 9.46. The molecular weight excluding hydrogens is 228 g/mol. The molecule has 100 valence electrons. The van der Waals surface area contributed by atoms with Gasteiger partial charge in [0.1, 0.15) is 18.0 Å². The summed E-state index contributed by atoms with van der Waals surface area (Å²) in [5, 5.41) is 16.0. The third-order valence-corrected chi connectivity index (χ3v) is 3.41. The van der Waals surface area contributed by atoms with Gasteiger partial charge in [0.05, 0.1) is 6.10 Å². The Morgan fingerprint density at radius 1 is 1.17 bits per heavy atom. The lowest BCUT2D eigenvalue weighted by atomic mass is 9.87. The molecule has 0 unspecified atom stereocenters. The van der Waals surface area contributed by atoms with Gasteiger partial charge in [0.25, 0.3) is 0 Å². The first kappa shape index (κ1) is 13.1. The zero-order chi connectivity index (χ0) is 12.8. The number of nitrogens with zero attached hydrogens (tertiary/aromatic N) is 2. The summed E-state index contributed by atoms with van der Waals surface area (Å²) in [5.74, 6) is 2.37. The molecule has 1 aromatic rings. The lowest BCUT2D eigenvalue weighted by molar-refractivity contribution is 0.111. The van der Waals surface area contributed by atoms with E-state index in [0.717, 1.165) is 50.4 Å². The first-order valence-corrected chi connectivity index (χ1v) is 6.75. The third kappa shape index (κ3) is 3.84. The first-order valence-electron chi connectivity index (χ1n) is 6.75. The van der Waals surface area contributed by atoms with Crippen molar-refractivity contribution in [3.05, 3.63) is 12.4 Å². The first-order chi connectivity index (χ1) is 8.78. The van der Waals surface area contributed by atoms with Gasteiger partial charge in [-0.25, -0.2) is 9.97 Å². The zero-order valence-corrected chi connectivity index (χ0v) is 10.9. The Morgan fingerprint density at radius 2 is 1.83 bits per heavy atom. The van der Waals surface area contributed by atoms with E-state index in [1.807, 2.05) is 13.0 Å². The van der Waals surface area contributed by atoms with Crippen molar-refractivity contribution in [3.63, 3.8) is 0 Å². The van der Waals surface area contributed by atoms with Crippen molar-refractivity contribution in [2.45, 2.75) is 38.7 Å². The molecule has 5 nitrogen and oxygen atoms in total. The van der Waals surface area contributed by atoms with Crippen molar-refractivity contribution in [1.82, 2.24) is 9.97 Å². The molecule has 1 aromatic heterocycles. The molecule has 1 saturated carbocycles. The summed E-state index contributed by atoms with van der Waals surface area (Å²) >= 11 is 0. The van der Waals surface area contributed by atoms with Gasteiger partial charge in [-0.3, -0.25) is 0 Å². The van der Waals surface area contributed by atoms with E-state index in [2.05, 4.69) is 20.6 Å². The summed E-state index contributed by atoms with van der Waals surface area (Å²) < 4.78 is 0. The molecule has 3 N–H and O–H groups in total. The fourth-order valence-electron chi connectivity index (χ4n) is 2.33. The van der Waals surface area contributed by atoms with Crippen LogP contribution in [0.5, 0.6) is 0 Å². The molecule has 0 amide bonds. The van der Waals surface area contributed by atoms with Crippen LogP contribution in [-0.2, 0) is 0 Å². The number of aliphatic hydroxyl groups excluding tert-OH is 1. The standard InChI is InChI=1S/C13H22N4O/c1-2-14-12-7-13(17-9-16-12)15-8-10-3-5-11(18)6-4-10/h7,9-11,18H,2-6,8H2,1H3,(H2,14,15,16,17). The van der Waals surface area contributed by atoms with Crippen LogP contribution in [-0.4, -0.2) is 34.3 Å². The number of rotatable bonds is 5. The number of hydrogen-bond donors (Lipinski definition) is 3. The molecule has 1 heterocycles. The highest BCUT2D eigenvalue weighted by atomic mass is 16.3. The van der Waals surface area contributed by atoms with Gasteiger partial charge < -0.3 is 15.7 Å². The highest BCUT2D eigenvalue weighted by molar-refractivity contribution is 5.46. The van der Waals surface area contributed by atoms with E-state index in [1.54, 1.807) is 6.33 Å². The molecule has 0 spiro atoms. The summed E-state index contributed by atoms with van der Waals surface area (Å²) in [4.78, 5) is 8.35. The van der Waals surface area contributed by atoms with Crippen molar-refractivity contribution in [3.8, 4) is 0 Å². The molecule has 0 bridgehead atoms. The molecular formula is C13H22N4O. The van der Waals surface area contributed by atoms with E-state index in [-0.39, 0.29) is 6.10 Å². The van der Waals surface area contributed by atoms with Crippen LogP contribution in [0.1, 0.15) is 32.6 Å². The fraction of sp³-hybridized carbons (Fsp3) is 0.692. The van der Waals surface area contributed by atoms with Crippen LogP contribution < -0.4 is 10.6 Å². The Kier molecular flexibility index (Phi) is 4.75. The number of hydrogen-bond acceptors (Lipinski definition) is 5. The Bertz CT molecular complexity index is 364. The number of aromatic nitrogens is 2. The van der Waals surface area contributed by atoms with Gasteiger partial charge in [0.15, 0.2) is 0 Å². The summed E-state index contributed by atoms with van der Waals surface area (Å²) in [5.41, 5.74) is 0. The molecule has 0 saturated heterocycles.